The van der Waals surface area contributed by atoms with Gasteiger partial charge in [0, 0.05) is 17.2 Å². The van der Waals surface area contributed by atoms with Crippen LogP contribution in [0.1, 0.15) is 79.0 Å². The van der Waals surface area contributed by atoms with Crippen molar-refractivity contribution in [3.05, 3.63) is 166 Å². The third-order valence-electron chi connectivity index (χ3n) is 10.0. The third kappa shape index (κ3) is 11.9. The van der Waals surface area contributed by atoms with Crippen molar-refractivity contribution in [1.29, 1.82) is 0 Å². The second-order valence-corrected chi connectivity index (χ2v) is 14.7. The van der Waals surface area contributed by atoms with Crippen LogP contribution in [0.5, 0.6) is 11.5 Å². The molecular weight excluding hydrogens is 724 g/mol. The Morgan fingerprint density at radius 1 is 0.625 bits per heavy atom. The van der Waals surface area contributed by atoms with Crippen LogP contribution in [0.4, 0.5) is 0 Å². The van der Waals surface area contributed by atoms with Gasteiger partial charge in [-0.1, -0.05) is 141 Å². The largest absolute Gasteiger partial charge is 0.508 e. The molecule has 5 aromatic carbocycles. The average molecular weight is 779 g/mol. The molecule has 1 aliphatic rings. The van der Waals surface area contributed by atoms with Gasteiger partial charge in [-0.15, -0.1) is 0 Å². The summed E-state index contributed by atoms with van der Waals surface area (Å²) < 4.78 is 39.7. The van der Waals surface area contributed by atoms with Crippen LogP contribution in [-0.4, -0.2) is 49.3 Å². The molecule has 5 aromatic rings. The van der Waals surface area contributed by atoms with Gasteiger partial charge in [0.2, 0.25) is 0 Å². The number of unbranched alkanes of at least 4 members (excludes halogenated alkanes) is 3. The van der Waals surface area contributed by atoms with Crippen LogP contribution >= 0.6 is 11.6 Å². The molecule has 8 heteroatoms. The number of hydrogen-bond donors (Lipinski definition) is 1. The number of hydrogen-bond acceptors (Lipinski definition) is 7. The highest BCUT2D eigenvalue weighted by atomic mass is 35.5. The molecule has 0 aromatic heterocycles. The minimum absolute atomic E-state index is 0.0217. The fraction of sp³-hybridized carbons (Fsp3) is 0.375. The summed E-state index contributed by atoms with van der Waals surface area (Å²) in [4.78, 5) is 0. The van der Waals surface area contributed by atoms with Crippen LogP contribution in [0.2, 0.25) is 5.02 Å². The zero-order chi connectivity index (χ0) is 39.0. The number of halogens is 1. The van der Waals surface area contributed by atoms with Crippen LogP contribution in [-0.2, 0) is 49.9 Å². The van der Waals surface area contributed by atoms with Crippen molar-refractivity contribution in [2.75, 3.05) is 19.8 Å². The first kappa shape index (κ1) is 41.4. The molecule has 5 atom stereocenters. The topological polar surface area (TPSA) is 75.6 Å². The molecule has 0 aliphatic carbocycles. The lowest BCUT2D eigenvalue weighted by Crippen LogP contribution is -2.58. The Balaban J connectivity index is 1.38. The van der Waals surface area contributed by atoms with E-state index in [1.54, 1.807) is 6.07 Å². The fourth-order valence-corrected chi connectivity index (χ4v) is 7.31. The van der Waals surface area contributed by atoms with E-state index in [0.717, 1.165) is 52.8 Å². The maximum Gasteiger partial charge on any atom is 0.122 e. The van der Waals surface area contributed by atoms with Crippen molar-refractivity contribution in [3.8, 4) is 11.5 Å². The van der Waals surface area contributed by atoms with Gasteiger partial charge in [0.25, 0.3) is 0 Å². The SMILES string of the molecule is CCCCCCOCC1OC(c2cc(Cc3ccc(OCC)cc3)c(Cl)cc2O)C(OCc2ccccc2)C(OCc2ccccc2)C1OCc1ccccc1. The fourth-order valence-electron chi connectivity index (χ4n) is 7.08. The van der Waals surface area contributed by atoms with Crippen molar-refractivity contribution in [1.82, 2.24) is 0 Å². The summed E-state index contributed by atoms with van der Waals surface area (Å²) in [5.41, 5.74) is 5.53. The molecule has 5 unspecified atom stereocenters. The highest BCUT2D eigenvalue weighted by Gasteiger charge is 2.49. The Bertz CT molecular complexity index is 1860. The minimum Gasteiger partial charge on any atom is -0.508 e. The second kappa shape index (κ2) is 21.9. The predicted molar refractivity (Wildman–Crippen MR) is 221 cm³/mol. The number of phenols is 1. The van der Waals surface area contributed by atoms with Crippen molar-refractivity contribution >= 4 is 11.6 Å². The Hall–Kier alpha value is -4.21. The van der Waals surface area contributed by atoms with Crippen molar-refractivity contribution < 1.29 is 33.5 Å². The van der Waals surface area contributed by atoms with Gasteiger partial charge in [0.15, 0.2) is 0 Å². The summed E-state index contributed by atoms with van der Waals surface area (Å²) in [7, 11) is 0. The van der Waals surface area contributed by atoms with Gasteiger partial charge in [0.05, 0.1) is 33.0 Å². The first-order chi connectivity index (χ1) is 27.5. The highest BCUT2D eigenvalue weighted by Crippen LogP contribution is 2.43. The first-order valence-electron chi connectivity index (χ1n) is 19.9. The van der Waals surface area contributed by atoms with Gasteiger partial charge in [-0.2, -0.15) is 0 Å². The van der Waals surface area contributed by atoms with Crippen LogP contribution < -0.4 is 4.74 Å². The molecule has 1 fully saturated rings. The van der Waals surface area contributed by atoms with Crippen LogP contribution in [0.3, 0.4) is 0 Å². The zero-order valence-corrected chi connectivity index (χ0v) is 33.3. The van der Waals surface area contributed by atoms with E-state index in [1.165, 1.54) is 6.42 Å². The first-order valence-corrected chi connectivity index (χ1v) is 20.3. The van der Waals surface area contributed by atoms with Gasteiger partial charge in [-0.25, -0.2) is 0 Å². The molecule has 0 radical (unpaired) electrons. The maximum absolute atomic E-state index is 11.7. The Kier molecular flexibility index (Phi) is 16.2. The van der Waals surface area contributed by atoms with E-state index in [4.69, 9.17) is 40.0 Å². The molecule has 7 nitrogen and oxygen atoms in total. The quantitative estimate of drug-likeness (QED) is 0.0744. The molecule has 56 heavy (non-hydrogen) atoms. The van der Waals surface area contributed by atoms with Gasteiger partial charge in [-0.05, 0) is 71.8 Å². The van der Waals surface area contributed by atoms with Crippen molar-refractivity contribution in [3.63, 3.8) is 0 Å². The van der Waals surface area contributed by atoms with E-state index in [9.17, 15) is 5.11 Å². The summed E-state index contributed by atoms with van der Waals surface area (Å²) in [6, 6.07) is 41.8. The molecular formula is C48H55ClO7. The van der Waals surface area contributed by atoms with Crippen molar-refractivity contribution in [2.45, 2.75) is 96.3 Å². The van der Waals surface area contributed by atoms with E-state index in [-0.39, 0.29) is 12.4 Å². The normalized spacial score (nSPS) is 19.5. The number of ether oxygens (including phenoxy) is 6. The summed E-state index contributed by atoms with van der Waals surface area (Å²) in [6.45, 7) is 6.64. The van der Waals surface area contributed by atoms with Crippen LogP contribution in [0, 0.1) is 0 Å². The smallest absolute Gasteiger partial charge is 0.122 e. The van der Waals surface area contributed by atoms with Crippen LogP contribution in [0.15, 0.2) is 127 Å². The number of aromatic hydroxyl groups is 1. The van der Waals surface area contributed by atoms with Crippen LogP contribution in [0.25, 0.3) is 0 Å². The maximum atomic E-state index is 11.7. The molecule has 1 aliphatic heterocycles. The summed E-state index contributed by atoms with van der Waals surface area (Å²) >= 11 is 6.85. The second-order valence-electron chi connectivity index (χ2n) is 14.3. The summed E-state index contributed by atoms with van der Waals surface area (Å²) in [6.07, 6.45) is 1.77. The Morgan fingerprint density at radius 3 is 1.77 bits per heavy atom. The molecule has 296 valence electrons. The average Bonchev–Trinajstić information content (AvgIpc) is 3.23. The van der Waals surface area contributed by atoms with Gasteiger partial charge >= 0.3 is 0 Å². The molecule has 6 rings (SSSR count). The molecule has 0 saturated carbocycles. The van der Waals surface area contributed by atoms with Crippen molar-refractivity contribution in [2.24, 2.45) is 0 Å². The van der Waals surface area contributed by atoms with E-state index in [2.05, 4.69) is 6.92 Å². The molecule has 0 bridgehead atoms. The van der Waals surface area contributed by atoms with E-state index < -0.39 is 30.5 Å². The monoisotopic (exact) mass is 778 g/mol. The molecule has 1 N–H and O–H groups in total. The molecule has 0 amide bonds. The highest BCUT2D eigenvalue weighted by molar-refractivity contribution is 6.31. The lowest BCUT2D eigenvalue weighted by atomic mass is 9.88. The number of phenolic OH excluding ortho intramolecular Hbond substituents is 1. The summed E-state index contributed by atoms with van der Waals surface area (Å²) in [5, 5.41) is 12.2. The summed E-state index contributed by atoms with van der Waals surface area (Å²) in [5.74, 6) is 0.834. The number of benzene rings is 5. The minimum atomic E-state index is -0.749. The Morgan fingerprint density at radius 2 is 1.20 bits per heavy atom. The van der Waals surface area contributed by atoms with Gasteiger partial charge in [-0.3, -0.25) is 0 Å². The van der Waals surface area contributed by atoms with E-state index in [0.29, 0.717) is 50.0 Å². The molecule has 1 heterocycles. The van der Waals surface area contributed by atoms with E-state index >= 15 is 0 Å². The predicted octanol–water partition coefficient (Wildman–Crippen LogP) is 10.8. The number of rotatable bonds is 21. The zero-order valence-electron chi connectivity index (χ0n) is 32.6. The van der Waals surface area contributed by atoms with Gasteiger partial charge in [0.1, 0.15) is 42.0 Å². The molecule has 0 spiro atoms. The Labute approximate surface area is 337 Å². The van der Waals surface area contributed by atoms with Gasteiger partial charge < -0.3 is 33.5 Å². The lowest BCUT2D eigenvalue weighted by molar-refractivity contribution is -0.274. The third-order valence-corrected chi connectivity index (χ3v) is 10.4. The lowest BCUT2D eigenvalue weighted by Gasteiger charge is -2.46. The molecule has 1 saturated heterocycles. The van der Waals surface area contributed by atoms with E-state index in [1.807, 2.05) is 128 Å². The standard InChI is InChI=1S/C48H55ClO7/c1-3-5-6-16-27-51-34-44-46(53-31-36-17-10-7-11-18-36)48(55-33-38-21-14-9-15-22-38)47(54-32-37-19-12-8-13-20-37)45(56-44)41-29-39(42(49)30-43(41)50)28-35-23-25-40(26-24-35)52-4-2/h7-15,17-26,29-30,44-48,50H,3-6,16,27-28,31-34H2,1-2H3.